The van der Waals surface area contributed by atoms with Gasteiger partial charge >= 0.3 is 0 Å². The predicted molar refractivity (Wildman–Crippen MR) is 48.3 cm³/mol. The first-order chi connectivity index (χ1) is 6.33. The van der Waals surface area contributed by atoms with Crippen LogP contribution in [0.2, 0.25) is 0 Å². The van der Waals surface area contributed by atoms with Crippen LogP contribution >= 0.6 is 0 Å². The fourth-order valence-electron chi connectivity index (χ4n) is 1.35. The highest BCUT2D eigenvalue weighted by Gasteiger charge is 2.12. The molecule has 0 saturated carbocycles. The number of para-hydroxylation sites is 1. The molecule has 0 aliphatic rings. The van der Waals surface area contributed by atoms with Crippen LogP contribution in [0.5, 0.6) is 0 Å². The molecule has 0 spiro atoms. The minimum atomic E-state index is -0.858. The van der Waals surface area contributed by atoms with Gasteiger partial charge in [0.15, 0.2) is 0 Å². The summed E-state index contributed by atoms with van der Waals surface area (Å²) >= 11 is 0. The van der Waals surface area contributed by atoms with Gasteiger partial charge in [0, 0.05) is 10.9 Å². The summed E-state index contributed by atoms with van der Waals surface area (Å²) in [6, 6.07) is 7.41. The van der Waals surface area contributed by atoms with Crippen molar-refractivity contribution in [3.63, 3.8) is 0 Å². The van der Waals surface area contributed by atoms with Crippen LogP contribution < -0.4 is 0 Å². The largest absolute Gasteiger partial charge is 0.464 e. The summed E-state index contributed by atoms with van der Waals surface area (Å²) in [6.45, 7) is -0.288. The molecule has 3 nitrogen and oxygen atoms in total. The van der Waals surface area contributed by atoms with Gasteiger partial charge in [0.05, 0.1) is 12.9 Å². The lowest BCUT2D eigenvalue weighted by Gasteiger charge is -2.02. The molecule has 0 bridgehead atoms. The van der Waals surface area contributed by atoms with Crippen molar-refractivity contribution in [1.82, 2.24) is 0 Å². The number of aliphatic hydroxyl groups is 2. The molecule has 0 aliphatic carbocycles. The molecule has 1 aromatic carbocycles. The SMILES string of the molecule is OCC(O)c1coc2ccccc12. The third kappa shape index (κ3) is 1.32. The van der Waals surface area contributed by atoms with E-state index in [1.807, 2.05) is 24.3 Å². The topological polar surface area (TPSA) is 53.6 Å². The van der Waals surface area contributed by atoms with Gasteiger partial charge in [0.1, 0.15) is 11.7 Å². The Labute approximate surface area is 75.2 Å². The molecule has 0 aliphatic heterocycles. The van der Waals surface area contributed by atoms with E-state index in [1.165, 1.54) is 6.26 Å². The first-order valence-corrected chi connectivity index (χ1v) is 4.08. The highest BCUT2D eigenvalue weighted by molar-refractivity contribution is 5.81. The van der Waals surface area contributed by atoms with Crippen molar-refractivity contribution in [3.05, 3.63) is 36.1 Å². The average molecular weight is 178 g/mol. The van der Waals surface area contributed by atoms with Crippen molar-refractivity contribution in [2.24, 2.45) is 0 Å². The standard InChI is InChI=1S/C10H10O3/c11-5-9(12)8-6-13-10-4-2-1-3-7(8)10/h1-4,6,9,11-12H,5H2. The first kappa shape index (κ1) is 8.29. The molecule has 1 aromatic heterocycles. The number of rotatable bonds is 2. The summed E-state index contributed by atoms with van der Waals surface area (Å²) < 4.78 is 5.20. The first-order valence-electron chi connectivity index (χ1n) is 4.08. The molecule has 0 saturated heterocycles. The van der Waals surface area contributed by atoms with Crippen LogP contribution in [0.1, 0.15) is 11.7 Å². The lowest BCUT2D eigenvalue weighted by molar-refractivity contribution is 0.0960. The molecule has 1 atom stereocenters. The average Bonchev–Trinajstić information content (AvgIpc) is 2.60. The predicted octanol–water partition coefficient (Wildman–Crippen LogP) is 1.46. The molecular formula is C10H10O3. The Morgan fingerprint density at radius 3 is 2.85 bits per heavy atom. The van der Waals surface area contributed by atoms with Crippen LogP contribution in [-0.4, -0.2) is 16.8 Å². The van der Waals surface area contributed by atoms with E-state index >= 15 is 0 Å². The second kappa shape index (κ2) is 3.20. The summed E-state index contributed by atoms with van der Waals surface area (Å²) in [6.07, 6.45) is 0.620. The quantitative estimate of drug-likeness (QED) is 0.731. The Morgan fingerprint density at radius 2 is 2.08 bits per heavy atom. The number of benzene rings is 1. The maximum atomic E-state index is 9.41. The van der Waals surface area contributed by atoms with Crippen molar-refractivity contribution in [1.29, 1.82) is 0 Å². The van der Waals surface area contributed by atoms with Crippen molar-refractivity contribution < 1.29 is 14.6 Å². The zero-order valence-corrected chi connectivity index (χ0v) is 6.97. The molecule has 3 heteroatoms. The summed E-state index contributed by atoms with van der Waals surface area (Å²) in [7, 11) is 0. The van der Waals surface area contributed by atoms with Gasteiger partial charge in [-0.3, -0.25) is 0 Å². The van der Waals surface area contributed by atoms with Crippen LogP contribution in [0.25, 0.3) is 11.0 Å². The molecule has 0 fully saturated rings. The van der Waals surface area contributed by atoms with Gasteiger partial charge in [-0.15, -0.1) is 0 Å². The van der Waals surface area contributed by atoms with E-state index in [0.29, 0.717) is 5.56 Å². The van der Waals surface area contributed by atoms with Gasteiger partial charge in [-0.2, -0.15) is 0 Å². The fraction of sp³-hybridized carbons (Fsp3) is 0.200. The Morgan fingerprint density at radius 1 is 1.31 bits per heavy atom. The Balaban J connectivity index is 2.57. The van der Waals surface area contributed by atoms with Crippen molar-refractivity contribution in [2.45, 2.75) is 6.10 Å². The van der Waals surface area contributed by atoms with E-state index in [1.54, 1.807) is 0 Å². The van der Waals surface area contributed by atoms with Gasteiger partial charge in [-0.05, 0) is 6.07 Å². The summed E-state index contributed by atoms with van der Waals surface area (Å²) in [5.41, 5.74) is 1.36. The van der Waals surface area contributed by atoms with Gasteiger partial charge in [0.2, 0.25) is 0 Å². The Kier molecular flexibility index (Phi) is 2.04. The van der Waals surface area contributed by atoms with E-state index in [0.717, 1.165) is 11.0 Å². The Hall–Kier alpha value is -1.32. The number of aliphatic hydroxyl groups excluding tert-OH is 2. The maximum absolute atomic E-state index is 9.41. The van der Waals surface area contributed by atoms with Gasteiger partial charge in [-0.25, -0.2) is 0 Å². The van der Waals surface area contributed by atoms with Crippen LogP contribution in [0.4, 0.5) is 0 Å². The molecule has 13 heavy (non-hydrogen) atoms. The molecule has 2 rings (SSSR count). The summed E-state index contributed by atoms with van der Waals surface area (Å²) in [4.78, 5) is 0. The lowest BCUT2D eigenvalue weighted by atomic mass is 10.1. The van der Waals surface area contributed by atoms with E-state index in [-0.39, 0.29) is 6.61 Å². The zero-order chi connectivity index (χ0) is 9.26. The van der Waals surface area contributed by atoms with Crippen LogP contribution in [-0.2, 0) is 0 Å². The number of hydrogen-bond acceptors (Lipinski definition) is 3. The van der Waals surface area contributed by atoms with Gasteiger partial charge in [-0.1, -0.05) is 18.2 Å². The maximum Gasteiger partial charge on any atom is 0.134 e. The molecule has 2 N–H and O–H groups in total. The molecule has 68 valence electrons. The molecule has 1 unspecified atom stereocenters. The minimum Gasteiger partial charge on any atom is -0.464 e. The highest BCUT2D eigenvalue weighted by atomic mass is 16.3. The zero-order valence-electron chi connectivity index (χ0n) is 6.97. The van der Waals surface area contributed by atoms with Crippen LogP contribution in [0.15, 0.2) is 34.9 Å². The van der Waals surface area contributed by atoms with Crippen molar-refractivity contribution in [2.75, 3.05) is 6.61 Å². The highest BCUT2D eigenvalue weighted by Crippen LogP contribution is 2.25. The molecule has 2 aromatic rings. The Bertz CT molecular complexity index is 405. The van der Waals surface area contributed by atoms with Gasteiger partial charge in [0.25, 0.3) is 0 Å². The smallest absolute Gasteiger partial charge is 0.134 e. The fourth-order valence-corrected chi connectivity index (χ4v) is 1.35. The summed E-state index contributed by atoms with van der Waals surface area (Å²) in [5.74, 6) is 0. The van der Waals surface area contributed by atoms with Crippen LogP contribution in [0.3, 0.4) is 0 Å². The van der Waals surface area contributed by atoms with E-state index < -0.39 is 6.10 Å². The van der Waals surface area contributed by atoms with E-state index in [9.17, 15) is 5.11 Å². The minimum absolute atomic E-state index is 0.288. The number of hydrogen-bond donors (Lipinski definition) is 2. The molecule has 1 heterocycles. The molecule has 0 amide bonds. The third-order valence-corrected chi connectivity index (χ3v) is 2.04. The van der Waals surface area contributed by atoms with Crippen molar-refractivity contribution in [3.8, 4) is 0 Å². The normalized spacial score (nSPS) is 13.4. The van der Waals surface area contributed by atoms with Crippen molar-refractivity contribution >= 4 is 11.0 Å². The van der Waals surface area contributed by atoms with Crippen LogP contribution in [0, 0.1) is 0 Å². The van der Waals surface area contributed by atoms with E-state index in [4.69, 9.17) is 9.52 Å². The van der Waals surface area contributed by atoms with E-state index in [2.05, 4.69) is 0 Å². The summed E-state index contributed by atoms with van der Waals surface area (Å²) in [5, 5.41) is 19.0. The second-order valence-corrected chi connectivity index (χ2v) is 2.89. The third-order valence-electron chi connectivity index (χ3n) is 2.04. The number of fused-ring (bicyclic) bond motifs is 1. The molecule has 0 radical (unpaired) electrons. The second-order valence-electron chi connectivity index (χ2n) is 2.89. The monoisotopic (exact) mass is 178 g/mol. The lowest BCUT2D eigenvalue weighted by Crippen LogP contribution is -2.00. The number of furan rings is 1. The van der Waals surface area contributed by atoms with Gasteiger partial charge < -0.3 is 14.6 Å². The molecular weight excluding hydrogens is 168 g/mol.